The topological polar surface area (TPSA) is 55.9 Å². The number of amides is 2. The fourth-order valence-electron chi connectivity index (χ4n) is 3.80. The van der Waals surface area contributed by atoms with Gasteiger partial charge in [-0.2, -0.15) is 0 Å². The van der Waals surface area contributed by atoms with Gasteiger partial charge in [0.2, 0.25) is 5.91 Å². The van der Waals surface area contributed by atoms with E-state index in [1.54, 1.807) is 0 Å². The van der Waals surface area contributed by atoms with Gasteiger partial charge in [0.1, 0.15) is 0 Å². The number of piperidine rings is 1. The van der Waals surface area contributed by atoms with Crippen molar-refractivity contribution in [1.29, 1.82) is 0 Å². The molecule has 0 spiro atoms. The van der Waals surface area contributed by atoms with Crippen LogP contribution in [-0.2, 0) is 4.79 Å². The minimum Gasteiger partial charge on any atom is -0.340 e. The molecular weight excluding hydrogens is 328 g/mol. The molecule has 1 aromatic carbocycles. The molecule has 1 N–H and O–H groups in total. The first kappa shape index (κ1) is 18.9. The van der Waals surface area contributed by atoms with Crippen LogP contribution in [-0.4, -0.2) is 85.4 Å². The molecule has 2 heterocycles. The highest BCUT2D eigenvalue weighted by atomic mass is 16.2. The molecule has 3 rings (SSSR count). The average molecular weight is 358 g/mol. The number of likely N-dealkylation sites (tertiary alicyclic amines) is 1. The Morgan fingerprint density at radius 2 is 1.69 bits per heavy atom. The molecule has 0 bridgehead atoms. The second kappa shape index (κ2) is 9.14. The van der Waals surface area contributed by atoms with Crippen molar-refractivity contribution in [1.82, 2.24) is 20.0 Å². The van der Waals surface area contributed by atoms with Crippen molar-refractivity contribution in [3.63, 3.8) is 0 Å². The largest absolute Gasteiger partial charge is 0.340 e. The highest BCUT2D eigenvalue weighted by Gasteiger charge is 2.26. The van der Waals surface area contributed by atoms with E-state index in [1.165, 1.54) is 0 Å². The third kappa shape index (κ3) is 4.83. The van der Waals surface area contributed by atoms with Gasteiger partial charge in [0.05, 0.1) is 0 Å². The van der Waals surface area contributed by atoms with E-state index in [-0.39, 0.29) is 11.8 Å². The summed E-state index contributed by atoms with van der Waals surface area (Å²) in [5, 5.41) is 3.27. The summed E-state index contributed by atoms with van der Waals surface area (Å²) in [4.78, 5) is 31.0. The van der Waals surface area contributed by atoms with Gasteiger partial charge in [-0.25, -0.2) is 0 Å². The number of hydrogen-bond donors (Lipinski definition) is 1. The van der Waals surface area contributed by atoms with Gasteiger partial charge >= 0.3 is 0 Å². The number of rotatable bonds is 5. The van der Waals surface area contributed by atoms with Gasteiger partial charge < -0.3 is 20.0 Å². The Bertz CT molecular complexity index is 593. The number of carbonyl (C=O) groups excluding carboxylic acids is 2. The molecule has 0 atom stereocenters. The highest BCUT2D eigenvalue weighted by molar-refractivity contribution is 5.94. The second-order valence-corrected chi connectivity index (χ2v) is 7.25. The van der Waals surface area contributed by atoms with Crippen LogP contribution >= 0.6 is 0 Å². The normalized spacial score (nSPS) is 19.0. The first-order valence-electron chi connectivity index (χ1n) is 9.68. The second-order valence-electron chi connectivity index (χ2n) is 7.25. The van der Waals surface area contributed by atoms with Crippen LogP contribution in [0.3, 0.4) is 0 Å². The SMILES string of the molecule is CN(CCC(=O)N1CCNCC1)C1CCN(C(=O)c2ccccc2)CC1. The quantitative estimate of drug-likeness (QED) is 0.855. The molecule has 0 radical (unpaired) electrons. The van der Waals surface area contributed by atoms with E-state index in [0.29, 0.717) is 12.5 Å². The molecule has 0 unspecified atom stereocenters. The van der Waals surface area contributed by atoms with E-state index in [1.807, 2.05) is 40.1 Å². The lowest BCUT2D eigenvalue weighted by Gasteiger charge is -2.37. The fourth-order valence-corrected chi connectivity index (χ4v) is 3.80. The number of carbonyl (C=O) groups is 2. The lowest BCUT2D eigenvalue weighted by atomic mass is 10.0. The van der Waals surface area contributed by atoms with Crippen LogP contribution in [0.1, 0.15) is 29.6 Å². The predicted molar refractivity (Wildman–Crippen MR) is 102 cm³/mol. The minimum absolute atomic E-state index is 0.126. The van der Waals surface area contributed by atoms with E-state index in [9.17, 15) is 9.59 Å². The molecule has 1 aromatic rings. The van der Waals surface area contributed by atoms with Crippen LogP contribution in [0.2, 0.25) is 0 Å². The van der Waals surface area contributed by atoms with Crippen molar-refractivity contribution in [3.05, 3.63) is 35.9 Å². The Kier molecular flexibility index (Phi) is 6.63. The third-order valence-electron chi connectivity index (χ3n) is 5.54. The van der Waals surface area contributed by atoms with Crippen molar-refractivity contribution in [2.75, 3.05) is 52.9 Å². The van der Waals surface area contributed by atoms with E-state index < -0.39 is 0 Å². The maximum atomic E-state index is 12.5. The molecule has 2 aliphatic rings. The highest BCUT2D eigenvalue weighted by Crippen LogP contribution is 2.18. The number of nitrogens with zero attached hydrogens (tertiary/aromatic N) is 3. The summed E-state index contributed by atoms with van der Waals surface area (Å²) in [5.74, 6) is 0.385. The van der Waals surface area contributed by atoms with Crippen LogP contribution < -0.4 is 5.32 Å². The summed E-state index contributed by atoms with van der Waals surface area (Å²) in [6.07, 6.45) is 2.52. The summed E-state index contributed by atoms with van der Waals surface area (Å²) < 4.78 is 0. The summed E-state index contributed by atoms with van der Waals surface area (Å²) in [6, 6.07) is 9.95. The number of piperazine rings is 1. The maximum Gasteiger partial charge on any atom is 0.253 e. The zero-order chi connectivity index (χ0) is 18.4. The van der Waals surface area contributed by atoms with E-state index >= 15 is 0 Å². The molecule has 2 saturated heterocycles. The first-order valence-corrected chi connectivity index (χ1v) is 9.68. The molecule has 0 aromatic heterocycles. The summed E-state index contributed by atoms with van der Waals surface area (Å²) in [7, 11) is 2.10. The average Bonchev–Trinajstić information content (AvgIpc) is 2.72. The van der Waals surface area contributed by atoms with Crippen molar-refractivity contribution in [2.45, 2.75) is 25.3 Å². The van der Waals surface area contributed by atoms with Crippen LogP contribution in [0.4, 0.5) is 0 Å². The van der Waals surface area contributed by atoms with Gasteiger partial charge in [0.25, 0.3) is 5.91 Å². The Morgan fingerprint density at radius 3 is 2.35 bits per heavy atom. The van der Waals surface area contributed by atoms with Crippen molar-refractivity contribution < 1.29 is 9.59 Å². The molecule has 0 aliphatic carbocycles. The molecule has 142 valence electrons. The minimum atomic E-state index is 0.126. The Hall–Kier alpha value is -1.92. The van der Waals surface area contributed by atoms with Crippen LogP contribution in [0.5, 0.6) is 0 Å². The van der Waals surface area contributed by atoms with Gasteiger partial charge in [-0.05, 0) is 32.0 Å². The molecule has 2 aliphatic heterocycles. The Balaban J connectivity index is 1.41. The van der Waals surface area contributed by atoms with Crippen molar-refractivity contribution in [2.24, 2.45) is 0 Å². The van der Waals surface area contributed by atoms with E-state index in [2.05, 4.69) is 17.3 Å². The third-order valence-corrected chi connectivity index (χ3v) is 5.54. The van der Waals surface area contributed by atoms with E-state index in [4.69, 9.17) is 0 Å². The fraction of sp³-hybridized carbons (Fsp3) is 0.600. The monoisotopic (exact) mass is 358 g/mol. The molecule has 2 fully saturated rings. The smallest absolute Gasteiger partial charge is 0.253 e. The molecule has 26 heavy (non-hydrogen) atoms. The standard InChI is InChI=1S/C20H30N4O2/c1-22(12-9-19(25)23-15-10-21-11-16-23)18-7-13-24(14-8-18)20(26)17-5-3-2-4-6-17/h2-6,18,21H,7-16H2,1H3. The number of hydrogen-bond acceptors (Lipinski definition) is 4. The van der Waals surface area contributed by atoms with Crippen molar-refractivity contribution >= 4 is 11.8 Å². The molecule has 2 amide bonds. The molecule has 0 saturated carbocycles. The maximum absolute atomic E-state index is 12.5. The van der Waals surface area contributed by atoms with Crippen LogP contribution in [0.15, 0.2) is 30.3 Å². The van der Waals surface area contributed by atoms with Gasteiger partial charge in [0.15, 0.2) is 0 Å². The summed E-state index contributed by atoms with van der Waals surface area (Å²) in [6.45, 7) is 5.80. The number of nitrogens with one attached hydrogen (secondary N) is 1. The predicted octanol–water partition coefficient (Wildman–Crippen LogP) is 1.04. The zero-order valence-electron chi connectivity index (χ0n) is 15.7. The van der Waals surface area contributed by atoms with Gasteiger partial charge in [0, 0.05) is 63.8 Å². The lowest BCUT2D eigenvalue weighted by Crippen LogP contribution is -2.48. The van der Waals surface area contributed by atoms with E-state index in [0.717, 1.165) is 64.2 Å². The lowest BCUT2D eigenvalue weighted by molar-refractivity contribution is -0.132. The van der Waals surface area contributed by atoms with Gasteiger partial charge in [-0.3, -0.25) is 9.59 Å². The Labute approximate surface area is 156 Å². The zero-order valence-corrected chi connectivity index (χ0v) is 15.7. The van der Waals surface area contributed by atoms with Crippen LogP contribution in [0.25, 0.3) is 0 Å². The van der Waals surface area contributed by atoms with Crippen molar-refractivity contribution in [3.8, 4) is 0 Å². The molecule has 6 heteroatoms. The Morgan fingerprint density at radius 1 is 1.04 bits per heavy atom. The first-order chi connectivity index (χ1) is 12.6. The summed E-state index contributed by atoms with van der Waals surface area (Å²) in [5.41, 5.74) is 0.765. The molecule has 6 nitrogen and oxygen atoms in total. The van der Waals surface area contributed by atoms with Crippen LogP contribution in [0, 0.1) is 0 Å². The van der Waals surface area contributed by atoms with Gasteiger partial charge in [-0.1, -0.05) is 18.2 Å². The molecular formula is C20H30N4O2. The number of benzene rings is 1. The summed E-state index contributed by atoms with van der Waals surface area (Å²) >= 11 is 0. The van der Waals surface area contributed by atoms with Gasteiger partial charge in [-0.15, -0.1) is 0 Å².